The second-order valence-corrected chi connectivity index (χ2v) is 5.40. The molecule has 0 unspecified atom stereocenters. The highest BCUT2D eigenvalue weighted by Crippen LogP contribution is 2.23. The highest BCUT2D eigenvalue weighted by molar-refractivity contribution is 7.98. The predicted octanol–water partition coefficient (Wildman–Crippen LogP) is 3.53. The van der Waals surface area contributed by atoms with Crippen molar-refractivity contribution >= 4 is 23.5 Å². The maximum Gasteiger partial charge on any atom is 0.276 e. The van der Waals surface area contributed by atoms with Gasteiger partial charge in [-0.2, -0.15) is 11.8 Å². The maximum atomic E-state index is 5.51. The van der Waals surface area contributed by atoms with Crippen LogP contribution >= 0.6 is 23.5 Å². The smallest absolute Gasteiger partial charge is 0.276 e. The van der Waals surface area contributed by atoms with Gasteiger partial charge in [0.2, 0.25) is 5.89 Å². The van der Waals surface area contributed by atoms with Gasteiger partial charge in [-0.15, -0.1) is 10.2 Å². The molecule has 2 rings (SSSR count). The van der Waals surface area contributed by atoms with E-state index in [4.69, 9.17) is 4.42 Å². The van der Waals surface area contributed by atoms with E-state index in [0.717, 1.165) is 11.5 Å². The van der Waals surface area contributed by atoms with Crippen LogP contribution in [0.25, 0.3) is 0 Å². The SMILES string of the molecule is CSCc1nnc(SCc2ccccc2C)o1. The van der Waals surface area contributed by atoms with E-state index >= 15 is 0 Å². The monoisotopic (exact) mass is 266 g/mol. The second-order valence-electron chi connectivity index (χ2n) is 3.61. The first kappa shape index (κ1) is 12.5. The zero-order chi connectivity index (χ0) is 12.1. The average molecular weight is 266 g/mol. The number of nitrogens with zero attached hydrogens (tertiary/aromatic N) is 2. The van der Waals surface area contributed by atoms with Gasteiger partial charge in [0.25, 0.3) is 5.22 Å². The molecule has 0 aliphatic rings. The molecule has 0 N–H and O–H groups in total. The van der Waals surface area contributed by atoms with E-state index in [1.807, 2.05) is 12.3 Å². The fraction of sp³-hybridized carbons (Fsp3) is 0.333. The fourth-order valence-corrected chi connectivity index (χ4v) is 2.61. The van der Waals surface area contributed by atoms with Crippen molar-refractivity contribution in [2.45, 2.75) is 23.7 Å². The Morgan fingerprint density at radius 2 is 2.00 bits per heavy atom. The van der Waals surface area contributed by atoms with E-state index in [-0.39, 0.29) is 0 Å². The first-order valence-electron chi connectivity index (χ1n) is 5.28. The van der Waals surface area contributed by atoms with Gasteiger partial charge in [-0.25, -0.2) is 0 Å². The van der Waals surface area contributed by atoms with Crippen molar-refractivity contribution in [2.24, 2.45) is 0 Å². The van der Waals surface area contributed by atoms with E-state index in [9.17, 15) is 0 Å². The molecule has 1 aromatic heterocycles. The number of thioether (sulfide) groups is 2. The zero-order valence-electron chi connectivity index (χ0n) is 9.84. The molecule has 0 spiro atoms. The summed E-state index contributed by atoms with van der Waals surface area (Å²) in [7, 11) is 0. The molecule has 1 aromatic carbocycles. The third-order valence-corrected chi connectivity index (χ3v) is 3.73. The summed E-state index contributed by atoms with van der Waals surface area (Å²) in [5.41, 5.74) is 2.60. The number of benzene rings is 1. The van der Waals surface area contributed by atoms with Crippen molar-refractivity contribution in [3.63, 3.8) is 0 Å². The second kappa shape index (κ2) is 6.12. The molecule has 0 fully saturated rings. The number of rotatable bonds is 5. The first-order valence-corrected chi connectivity index (χ1v) is 7.66. The van der Waals surface area contributed by atoms with Crippen LogP contribution < -0.4 is 0 Å². The van der Waals surface area contributed by atoms with Crippen molar-refractivity contribution in [3.05, 3.63) is 41.3 Å². The minimum absolute atomic E-state index is 0.650. The topological polar surface area (TPSA) is 38.9 Å². The molecule has 17 heavy (non-hydrogen) atoms. The molecule has 0 saturated heterocycles. The number of aryl methyl sites for hydroxylation is 1. The van der Waals surface area contributed by atoms with Gasteiger partial charge in [0.1, 0.15) is 0 Å². The van der Waals surface area contributed by atoms with E-state index in [2.05, 4.69) is 35.3 Å². The van der Waals surface area contributed by atoms with Crippen LogP contribution in [0.1, 0.15) is 17.0 Å². The van der Waals surface area contributed by atoms with Crippen molar-refractivity contribution in [1.82, 2.24) is 10.2 Å². The molecule has 0 radical (unpaired) electrons. The van der Waals surface area contributed by atoms with Crippen molar-refractivity contribution in [3.8, 4) is 0 Å². The normalized spacial score (nSPS) is 10.7. The van der Waals surface area contributed by atoms with Gasteiger partial charge in [0.15, 0.2) is 0 Å². The van der Waals surface area contributed by atoms with Crippen LogP contribution in [0.2, 0.25) is 0 Å². The summed E-state index contributed by atoms with van der Waals surface area (Å²) >= 11 is 3.26. The van der Waals surface area contributed by atoms with E-state index in [1.54, 1.807) is 23.5 Å². The summed E-state index contributed by atoms with van der Waals surface area (Å²) in [6.45, 7) is 2.11. The van der Waals surface area contributed by atoms with Crippen LogP contribution in [-0.4, -0.2) is 16.5 Å². The molecule has 0 aliphatic heterocycles. The van der Waals surface area contributed by atoms with Gasteiger partial charge < -0.3 is 4.42 Å². The molecule has 0 aliphatic carbocycles. The maximum absolute atomic E-state index is 5.51. The largest absolute Gasteiger partial charge is 0.415 e. The molecule has 0 bridgehead atoms. The average Bonchev–Trinajstić information content (AvgIpc) is 2.76. The summed E-state index contributed by atoms with van der Waals surface area (Å²) in [6.07, 6.45) is 2.02. The quantitative estimate of drug-likeness (QED) is 0.774. The molecule has 3 nitrogen and oxygen atoms in total. The number of hydrogen-bond donors (Lipinski definition) is 0. The number of hydrogen-bond acceptors (Lipinski definition) is 5. The van der Waals surface area contributed by atoms with Gasteiger partial charge in [-0.1, -0.05) is 36.0 Å². The van der Waals surface area contributed by atoms with Crippen LogP contribution in [-0.2, 0) is 11.5 Å². The molecular weight excluding hydrogens is 252 g/mol. The molecule has 0 amide bonds. The third kappa shape index (κ3) is 3.51. The van der Waals surface area contributed by atoms with Gasteiger partial charge >= 0.3 is 0 Å². The zero-order valence-corrected chi connectivity index (χ0v) is 11.5. The van der Waals surface area contributed by atoms with Gasteiger partial charge in [0.05, 0.1) is 5.75 Å². The highest BCUT2D eigenvalue weighted by Gasteiger charge is 2.06. The Morgan fingerprint density at radius 1 is 1.18 bits per heavy atom. The van der Waals surface area contributed by atoms with Crippen LogP contribution in [0, 0.1) is 6.92 Å². The Labute approximate surface area is 109 Å². The van der Waals surface area contributed by atoms with Crippen LogP contribution in [0.15, 0.2) is 33.9 Å². The lowest BCUT2D eigenvalue weighted by Crippen LogP contribution is -1.85. The lowest BCUT2D eigenvalue weighted by Gasteiger charge is -2.01. The third-order valence-electron chi connectivity index (χ3n) is 2.33. The van der Waals surface area contributed by atoms with Crippen LogP contribution in [0.3, 0.4) is 0 Å². The minimum atomic E-state index is 0.650. The van der Waals surface area contributed by atoms with E-state index in [1.165, 1.54) is 11.1 Å². The van der Waals surface area contributed by atoms with Gasteiger partial charge in [-0.3, -0.25) is 0 Å². The first-order chi connectivity index (χ1) is 8.29. The van der Waals surface area contributed by atoms with Crippen molar-refractivity contribution in [1.29, 1.82) is 0 Å². The van der Waals surface area contributed by atoms with E-state index in [0.29, 0.717) is 11.1 Å². The summed E-state index contributed by atoms with van der Waals surface area (Å²) in [5.74, 6) is 2.34. The molecular formula is C12H14N2OS2. The summed E-state index contributed by atoms with van der Waals surface area (Å²) in [6, 6.07) is 8.34. The molecule has 0 saturated carbocycles. The summed E-state index contributed by atoms with van der Waals surface area (Å²) < 4.78 is 5.51. The minimum Gasteiger partial charge on any atom is -0.415 e. The Kier molecular flexibility index (Phi) is 4.50. The highest BCUT2D eigenvalue weighted by atomic mass is 32.2. The van der Waals surface area contributed by atoms with Crippen LogP contribution in [0.5, 0.6) is 0 Å². The standard InChI is InChI=1S/C12H14N2OS2/c1-9-5-3-4-6-10(9)7-17-12-14-13-11(15-12)8-16-2/h3-6H,7-8H2,1-2H3. The van der Waals surface area contributed by atoms with Gasteiger partial charge in [0, 0.05) is 5.75 Å². The molecule has 1 heterocycles. The lowest BCUT2D eigenvalue weighted by molar-refractivity contribution is 0.426. The predicted molar refractivity (Wildman–Crippen MR) is 72.3 cm³/mol. The Balaban J connectivity index is 1.95. The molecule has 90 valence electrons. The Hall–Kier alpha value is -0.940. The fourth-order valence-electron chi connectivity index (χ4n) is 1.39. The summed E-state index contributed by atoms with van der Waals surface area (Å²) in [4.78, 5) is 0. The summed E-state index contributed by atoms with van der Waals surface area (Å²) in [5, 5.41) is 8.65. The Bertz CT molecular complexity index is 485. The number of aromatic nitrogens is 2. The molecule has 2 aromatic rings. The van der Waals surface area contributed by atoms with Crippen molar-refractivity contribution < 1.29 is 4.42 Å². The Morgan fingerprint density at radius 3 is 2.76 bits per heavy atom. The van der Waals surface area contributed by atoms with Gasteiger partial charge in [-0.05, 0) is 24.3 Å². The van der Waals surface area contributed by atoms with E-state index < -0.39 is 0 Å². The van der Waals surface area contributed by atoms with Crippen molar-refractivity contribution in [2.75, 3.05) is 6.26 Å². The van der Waals surface area contributed by atoms with Crippen LogP contribution in [0.4, 0.5) is 0 Å². The lowest BCUT2D eigenvalue weighted by atomic mass is 10.1. The molecule has 0 atom stereocenters. The molecule has 5 heteroatoms.